The van der Waals surface area contributed by atoms with Gasteiger partial charge in [0.25, 0.3) is 0 Å². The van der Waals surface area contributed by atoms with Gasteiger partial charge in [0.2, 0.25) is 0 Å². The van der Waals surface area contributed by atoms with Crippen LogP contribution in [0, 0.1) is 17.2 Å². The van der Waals surface area contributed by atoms with E-state index in [2.05, 4.69) is 11.4 Å². The van der Waals surface area contributed by atoms with Gasteiger partial charge in [0.15, 0.2) is 0 Å². The van der Waals surface area contributed by atoms with Gasteiger partial charge in [-0.25, -0.2) is 0 Å². The van der Waals surface area contributed by atoms with E-state index in [1.807, 2.05) is 24.3 Å². The number of halogens is 2. The fourth-order valence-corrected chi connectivity index (χ4v) is 5.84. The highest BCUT2D eigenvalue weighted by Crippen LogP contribution is 2.52. The van der Waals surface area contributed by atoms with Gasteiger partial charge in [-0.15, -0.1) is 0 Å². The molecule has 156 valence electrons. The van der Waals surface area contributed by atoms with Gasteiger partial charge >= 0.3 is 5.97 Å². The molecule has 0 bridgehead atoms. The molecule has 1 saturated carbocycles. The summed E-state index contributed by atoms with van der Waals surface area (Å²) in [6.07, 6.45) is 5.37. The minimum absolute atomic E-state index is 0.236. The summed E-state index contributed by atoms with van der Waals surface area (Å²) in [7, 11) is 0. The van der Waals surface area contributed by atoms with Crippen molar-refractivity contribution in [2.75, 3.05) is 0 Å². The smallest absolute Gasteiger partial charge is 0.321 e. The number of carboxylic acid groups (broad SMARTS) is 1. The maximum atomic E-state index is 12.4. The molecule has 1 saturated heterocycles. The number of hydrogen-bond acceptors (Lipinski definition) is 3. The molecule has 4 rings (SSSR count). The summed E-state index contributed by atoms with van der Waals surface area (Å²) in [6, 6.07) is 16.0. The number of rotatable bonds is 4. The van der Waals surface area contributed by atoms with Gasteiger partial charge in [0.05, 0.1) is 6.07 Å². The van der Waals surface area contributed by atoms with Crippen molar-refractivity contribution in [3.05, 3.63) is 69.7 Å². The summed E-state index contributed by atoms with van der Waals surface area (Å²) in [5.41, 5.74) is 0.517. The van der Waals surface area contributed by atoms with Crippen LogP contribution in [0.1, 0.15) is 49.1 Å². The quantitative estimate of drug-likeness (QED) is 0.651. The summed E-state index contributed by atoms with van der Waals surface area (Å²) in [4.78, 5) is 12.4. The Kier molecular flexibility index (Phi) is 6.06. The number of carboxylic acids is 1. The molecule has 2 N–H and O–H groups in total. The first-order chi connectivity index (χ1) is 14.5. The Morgan fingerprint density at radius 2 is 1.77 bits per heavy atom. The molecule has 2 aliphatic rings. The van der Waals surface area contributed by atoms with Gasteiger partial charge in [0.1, 0.15) is 11.5 Å². The van der Waals surface area contributed by atoms with Crippen LogP contribution in [0.3, 0.4) is 0 Å². The zero-order valence-corrected chi connectivity index (χ0v) is 18.0. The van der Waals surface area contributed by atoms with E-state index in [-0.39, 0.29) is 12.0 Å². The third-order valence-corrected chi connectivity index (χ3v) is 7.26. The van der Waals surface area contributed by atoms with Crippen molar-refractivity contribution in [3.8, 4) is 6.07 Å². The van der Waals surface area contributed by atoms with Crippen molar-refractivity contribution >= 4 is 29.2 Å². The van der Waals surface area contributed by atoms with Gasteiger partial charge in [-0.2, -0.15) is 5.26 Å². The number of hydrogen-bond donors (Lipinski definition) is 2. The molecular weight excluding hydrogens is 419 g/mol. The molecule has 30 heavy (non-hydrogen) atoms. The molecule has 1 aliphatic carbocycles. The first-order valence-corrected chi connectivity index (χ1v) is 11.1. The molecular formula is C24H24Cl2N2O2. The lowest BCUT2D eigenvalue weighted by atomic mass is 9.61. The first kappa shape index (κ1) is 21.2. The highest BCUT2D eigenvalue weighted by molar-refractivity contribution is 6.30. The molecule has 0 amide bonds. The van der Waals surface area contributed by atoms with Crippen LogP contribution in [0.15, 0.2) is 48.5 Å². The van der Waals surface area contributed by atoms with Crippen molar-refractivity contribution in [3.63, 3.8) is 0 Å². The standard InChI is InChI=1S/C24H24Cl2N2O2/c25-18-11-9-17(10-12-18)24(14-27)20(16-7-4-8-19(26)13-16)21(23(29)30)28-22(24)15-5-2-1-3-6-15/h4,7-13,15,20-22,28H,1-3,5-6H2,(H,29,30)/t20-,21+,22-,24+/m0/s1. The molecule has 2 aromatic carbocycles. The van der Waals surface area contributed by atoms with Crippen LogP contribution in [0.4, 0.5) is 0 Å². The van der Waals surface area contributed by atoms with Gasteiger partial charge in [-0.1, -0.05) is 66.7 Å². The minimum atomic E-state index is -1.04. The Balaban J connectivity index is 1.94. The Bertz CT molecular complexity index is 966. The van der Waals surface area contributed by atoms with Crippen molar-refractivity contribution in [1.82, 2.24) is 5.32 Å². The van der Waals surface area contributed by atoms with E-state index in [1.165, 1.54) is 6.42 Å². The van der Waals surface area contributed by atoms with E-state index in [0.29, 0.717) is 10.0 Å². The van der Waals surface area contributed by atoms with E-state index in [0.717, 1.165) is 36.8 Å². The number of carbonyl (C=O) groups is 1. The van der Waals surface area contributed by atoms with E-state index < -0.39 is 23.3 Å². The summed E-state index contributed by atoms with van der Waals surface area (Å²) in [6.45, 7) is 0. The van der Waals surface area contributed by atoms with Crippen molar-refractivity contribution in [1.29, 1.82) is 5.26 Å². The van der Waals surface area contributed by atoms with Crippen LogP contribution in [0.5, 0.6) is 0 Å². The predicted octanol–water partition coefficient (Wildman–Crippen LogP) is 5.54. The van der Waals surface area contributed by atoms with Crippen LogP contribution < -0.4 is 5.32 Å². The Hall–Kier alpha value is -2.06. The monoisotopic (exact) mass is 442 g/mol. The molecule has 6 heteroatoms. The molecule has 1 aliphatic heterocycles. The molecule has 0 aromatic heterocycles. The summed E-state index contributed by atoms with van der Waals surface area (Å²) in [5.74, 6) is -1.29. The van der Waals surface area contributed by atoms with Crippen molar-refractivity contribution in [2.24, 2.45) is 5.92 Å². The summed E-state index contributed by atoms with van der Waals surface area (Å²) in [5, 5.41) is 25.3. The molecule has 0 unspecified atom stereocenters. The molecule has 0 radical (unpaired) electrons. The van der Waals surface area contributed by atoms with Crippen LogP contribution in [-0.2, 0) is 10.2 Å². The van der Waals surface area contributed by atoms with Gasteiger partial charge in [-0.3, -0.25) is 10.1 Å². The molecule has 2 fully saturated rings. The average molecular weight is 443 g/mol. The van der Waals surface area contributed by atoms with E-state index in [4.69, 9.17) is 23.2 Å². The molecule has 4 nitrogen and oxygen atoms in total. The zero-order chi connectivity index (χ0) is 21.3. The topological polar surface area (TPSA) is 73.1 Å². The first-order valence-electron chi connectivity index (χ1n) is 10.4. The highest BCUT2D eigenvalue weighted by atomic mass is 35.5. The number of benzene rings is 2. The number of aliphatic carboxylic acids is 1. The van der Waals surface area contributed by atoms with E-state index in [9.17, 15) is 15.2 Å². The van der Waals surface area contributed by atoms with Crippen molar-refractivity contribution in [2.45, 2.75) is 55.5 Å². The Labute approximate surface area is 186 Å². The maximum Gasteiger partial charge on any atom is 0.321 e. The third-order valence-electron chi connectivity index (χ3n) is 6.78. The largest absolute Gasteiger partial charge is 0.480 e. The second-order valence-corrected chi connectivity index (χ2v) is 9.25. The SMILES string of the molecule is N#C[C@]1(c2ccc(Cl)cc2)[C@H](C2CCCCC2)N[C@@H](C(=O)O)[C@@H]1c1cccc(Cl)c1. The maximum absolute atomic E-state index is 12.4. The number of nitrogens with zero attached hydrogens (tertiary/aromatic N) is 1. The van der Waals surface area contributed by atoms with Crippen LogP contribution in [0.2, 0.25) is 10.0 Å². The molecule has 1 heterocycles. The number of nitriles is 1. The lowest BCUT2D eigenvalue weighted by molar-refractivity contribution is -0.139. The minimum Gasteiger partial charge on any atom is -0.480 e. The lowest BCUT2D eigenvalue weighted by Crippen LogP contribution is -2.47. The molecule has 0 spiro atoms. The normalized spacial score (nSPS) is 29.4. The Morgan fingerprint density at radius 1 is 1.07 bits per heavy atom. The Morgan fingerprint density at radius 3 is 2.37 bits per heavy atom. The van der Waals surface area contributed by atoms with Crippen LogP contribution in [0.25, 0.3) is 0 Å². The second-order valence-electron chi connectivity index (χ2n) is 8.38. The predicted molar refractivity (Wildman–Crippen MR) is 118 cm³/mol. The van der Waals surface area contributed by atoms with Gasteiger partial charge in [-0.05, 0) is 54.2 Å². The van der Waals surface area contributed by atoms with Crippen molar-refractivity contribution < 1.29 is 9.90 Å². The molecule has 2 aromatic rings. The van der Waals surface area contributed by atoms with E-state index >= 15 is 0 Å². The highest BCUT2D eigenvalue weighted by Gasteiger charge is 2.61. The zero-order valence-electron chi connectivity index (χ0n) is 16.5. The summed E-state index contributed by atoms with van der Waals surface area (Å²) >= 11 is 12.4. The fraction of sp³-hybridized carbons (Fsp3) is 0.417. The average Bonchev–Trinajstić information content (AvgIpc) is 3.11. The summed E-state index contributed by atoms with van der Waals surface area (Å²) < 4.78 is 0. The van der Waals surface area contributed by atoms with Crippen LogP contribution >= 0.6 is 23.2 Å². The van der Waals surface area contributed by atoms with Gasteiger partial charge < -0.3 is 5.11 Å². The van der Waals surface area contributed by atoms with Crippen LogP contribution in [-0.4, -0.2) is 23.2 Å². The number of nitrogens with one attached hydrogen (secondary N) is 1. The molecule has 4 atom stereocenters. The van der Waals surface area contributed by atoms with E-state index in [1.54, 1.807) is 24.3 Å². The van der Waals surface area contributed by atoms with Gasteiger partial charge in [0, 0.05) is 22.0 Å². The fourth-order valence-electron chi connectivity index (χ4n) is 5.51. The lowest BCUT2D eigenvalue weighted by Gasteiger charge is -2.39. The second kappa shape index (κ2) is 8.59. The third kappa shape index (κ3) is 3.60.